The molecule has 0 N–H and O–H groups in total. The monoisotopic (exact) mass is 370 g/mol. The second-order valence-electron chi connectivity index (χ2n) is 8.39. The molecule has 0 bridgehead atoms. The highest BCUT2D eigenvalue weighted by Crippen LogP contribution is 2.49. The van der Waals surface area contributed by atoms with E-state index in [1.54, 1.807) is 0 Å². The molecule has 5 heteroatoms. The predicted molar refractivity (Wildman–Crippen MR) is 103 cm³/mol. The molecule has 2 atom stereocenters. The van der Waals surface area contributed by atoms with Crippen molar-refractivity contribution < 1.29 is 18.7 Å². The van der Waals surface area contributed by atoms with Crippen LogP contribution in [-0.2, 0) is 12.8 Å². The molecule has 27 heavy (non-hydrogen) atoms. The maximum atomic E-state index is 13.2. The van der Waals surface area contributed by atoms with E-state index in [2.05, 4.69) is 20.8 Å². The highest BCUT2D eigenvalue weighted by atomic mass is 16.5. The summed E-state index contributed by atoms with van der Waals surface area (Å²) in [7, 11) is 0. The summed E-state index contributed by atoms with van der Waals surface area (Å²) in [6, 6.07) is 1.53. The number of benzene rings is 1. The molecule has 1 aromatic heterocycles. The second-order valence-corrected chi connectivity index (χ2v) is 8.39. The van der Waals surface area contributed by atoms with Crippen molar-refractivity contribution in [2.24, 2.45) is 5.92 Å². The van der Waals surface area contributed by atoms with Crippen LogP contribution in [0.25, 0.3) is 11.0 Å². The lowest BCUT2D eigenvalue weighted by Crippen LogP contribution is -2.37. The molecule has 0 radical (unpaired) electrons. The Morgan fingerprint density at radius 3 is 2.63 bits per heavy atom. The third kappa shape index (κ3) is 2.75. The Morgan fingerprint density at radius 2 is 1.93 bits per heavy atom. The average Bonchev–Trinajstić information content (AvgIpc) is 2.58. The van der Waals surface area contributed by atoms with Crippen molar-refractivity contribution in [3.05, 3.63) is 33.2 Å². The Hall–Kier alpha value is -2.30. The van der Waals surface area contributed by atoms with Crippen molar-refractivity contribution >= 4 is 16.8 Å². The van der Waals surface area contributed by atoms with Crippen molar-refractivity contribution in [3.63, 3.8) is 0 Å². The number of hydrogen-bond acceptors (Lipinski definition) is 5. The number of carbonyl (C=O) groups excluding carboxylic acids is 1. The maximum Gasteiger partial charge on any atom is 0.336 e. The van der Waals surface area contributed by atoms with Gasteiger partial charge >= 0.3 is 5.63 Å². The first-order valence-electron chi connectivity index (χ1n) is 9.79. The number of ether oxygens (including phenoxy) is 2. The topological polar surface area (TPSA) is 65.7 Å². The summed E-state index contributed by atoms with van der Waals surface area (Å²) < 4.78 is 18.1. The summed E-state index contributed by atoms with van der Waals surface area (Å²) in [6.45, 7) is 9.93. The first kappa shape index (κ1) is 18.1. The van der Waals surface area contributed by atoms with Crippen molar-refractivity contribution in [1.82, 2.24) is 0 Å². The Balaban J connectivity index is 2.15. The number of fused-ring (bicyclic) bond motifs is 6. The van der Waals surface area contributed by atoms with Crippen LogP contribution in [0.1, 0.15) is 68.9 Å². The summed E-state index contributed by atoms with van der Waals surface area (Å²) in [5, 5.41) is 0.761. The number of Topliss-reactive ketones (excluding diaryl/α,β-unsaturated/α-hetero) is 1. The van der Waals surface area contributed by atoms with Gasteiger partial charge in [-0.1, -0.05) is 20.3 Å². The van der Waals surface area contributed by atoms with Gasteiger partial charge in [-0.3, -0.25) is 4.79 Å². The van der Waals surface area contributed by atoms with Crippen molar-refractivity contribution in [2.75, 3.05) is 0 Å². The van der Waals surface area contributed by atoms with E-state index in [-0.39, 0.29) is 23.4 Å². The molecule has 2 aliphatic heterocycles. The molecule has 2 aliphatic rings. The summed E-state index contributed by atoms with van der Waals surface area (Å²) >= 11 is 0. The van der Waals surface area contributed by atoms with E-state index in [9.17, 15) is 9.59 Å². The number of carbonyl (C=O) groups is 1. The summed E-state index contributed by atoms with van der Waals surface area (Å²) in [5.74, 6) is 0.931. The average molecular weight is 370 g/mol. The first-order chi connectivity index (χ1) is 12.7. The van der Waals surface area contributed by atoms with Crippen LogP contribution in [0.5, 0.6) is 11.5 Å². The molecule has 144 valence electrons. The molecule has 0 fully saturated rings. The molecule has 1 unspecified atom stereocenters. The van der Waals surface area contributed by atoms with Gasteiger partial charge in [-0.05, 0) is 45.6 Å². The second kappa shape index (κ2) is 6.11. The summed E-state index contributed by atoms with van der Waals surface area (Å²) in [5.41, 5.74) is 1.76. The van der Waals surface area contributed by atoms with Crippen molar-refractivity contribution in [2.45, 2.75) is 72.0 Å². The van der Waals surface area contributed by atoms with Crippen LogP contribution < -0.4 is 15.1 Å². The van der Waals surface area contributed by atoms with Gasteiger partial charge in [0.05, 0.1) is 11.3 Å². The van der Waals surface area contributed by atoms with Crippen molar-refractivity contribution in [3.8, 4) is 11.5 Å². The van der Waals surface area contributed by atoms with E-state index in [1.165, 1.54) is 6.07 Å². The minimum Gasteiger partial charge on any atom is -0.489 e. The minimum absolute atomic E-state index is 0.0295. The van der Waals surface area contributed by atoms with Gasteiger partial charge in [0.2, 0.25) is 0 Å². The van der Waals surface area contributed by atoms with Crippen LogP contribution in [0, 0.1) is 5.92 Å². The standard InChI is InChI=1S/C22H26O5/c1-6-7-13-10-15(23)26-21-16(13)20-14(8-9-22(4,5)27-20)19-17(21)18(24)11(2)12(3)25-19/h10-12H,6-9H2,1-5H3/t11-,12?/m1/s1. The van der Waals surface area contributed by atoms with E-state index >= 15 is 0 Å². The van der Waals surface area contributed by atoms with E-state index in [0.29, 0.717) is 22.6 Å². The minimum atomic E-state index is -0.442. The fraction of sp³-hybridized carbons (Fsp3) is 0.545. The summed E-state index contributed by atoms with van der Waals surface area (Å²) in [4.78, 5) is 25.4. The zero-order valence-electron chi connectivity index (χ0n) is 16.6. The van der Waals surface area contributed by atoms with Gasteiger partial charge in [0, 0.05) is 11.6 Å². The first-order valence-corrected chi connectivity index (χ1v) is 9.79. The molecule has 0 saturated heterocycles. The molecule has 3 heterocycles. The quantitative estimate of drug-likeness (QED) is 0.731. The van der Waals surface area contributed by atoms with Crippen LogP contribution in [0.2, 0.25) is 0 Å². The number of ketones is 1. The highest BCUT2D eigenvalue weighted by molar-refractivity contribution is 6.13. The lowest BCUT2D eigenvalue weighted by Gasteiger charge is -2.37. The Bertz CT molecular complexity index is 998. The molecule has 5 nitrogen and oxygen atoms in total. The maximum absolute atomic E-state index is 13.2. The lowest BCUT2D eigenvalue weighted by molar-refractivity contribution is 0.0690. The van der Waals surface area contributed by atoms with Crippen LogP contribution in [-0.4, -0.2) is 17.5 Å². The third-order valence-corrected chi connectivity index (χ3v) is 5.81. The molecule has 2 aromatic rings. The Morgan fingerprint density at radius 1 is 1.19 bits per heavy atom. The van der Waals surface area contributed by atoms with E-state index in [1.807, 2.05) is 13.8 Å². The van der Waals surface area contributed by atoms with Gasteiger partial charge in [-0.15, -0.1) is 0 Å². The SMILES string of the molecule is CCCc1cc(=O)oc2c3c(c4c(c12)OC(C)(C)CC4)OC(C)[C@@H](C)C3=O. The van der Waals surface area contributed by atoms with E-state index < -0.39 is 5.63 Å². The van der Waals surface area contributed by atoms with Crippen LogP contribution >= 0.6 is 0 Å². The number of rotatable bonds is 2. The van der Waals surface area contributed by atoms with E-state index in [4.69, 9.17) is 13.9 Å². The van der Waals surface area contributed by atoms with E-state index in [0.717, 1.165) is 42.2 Å². The summed E-state index contributed by atoms with van der Waals surface area (Å²) in [6.07, 6.45) is 2.97. The van der Waals surface area contributed by atoms with Crippen LogP contribution in [0.15, 0.2) is 15.3 Å². The fourth-order valence-corrected chi connectivity index (χ4v) is 4.12. The fourth-order valence-electron chi connectivity index (χ4n) is 4.12. The number of hydrogen-bond donors (Lipinski definition) is 0. The Kier molecular flexibility index (Phi) is 4.09. The van der Waals surface area contributed by atoms with Crippen LogP contribution in [0.3, 0.4) is 0 Å². The van der Waals surface area contributed by atoms with Gasteiger partial charge in [0.1, 0.15) is 28.8 Å². The molecule has 4 rings (SSSR count). The molecule has 0 aliphatic carbocycles. The third-order valence-electron chi connectivity index (χ3n) is 5.81. The molecule has 0 spiro atoms. The largest absolute Gasteiger partial charge is 0.489 e. The lowest BCUT2D eigenvalue weighted by atomic mass is 9.84. The molecule has 0 saturated carbocycles. The zero-order chi connectivity index (χ0) is 19.5. The number of aryl methyl sites for hydroxylation is 1. The Labute approximate surface area is 158 Å². The normalized spacial score (nSPS) is 23.4. The molecular weight excluding hydrogens is 344 g/mol. The highest BCUT2D eigenvalue weighted by Gasteiger charge is 2.40. The van der Waals surface area contributed by atoms with Crippen molar-refractivity contribution in [1.29, 1.82) is 0 Å². The van der Waals surface area contributed by atoms with Gasteiger partial charge < -0.3 is 13.9 Å². The van der Waals surface area contributed by atoms with Gasteiger partial charge in [0.25, 0.3) is 0 Å². The molecule has 1 aromatic carbocycles. The smallest absolute Gasteiger partial charge is 0.336 e. The predicted octanol–water partition coefficient (Wildman–Crippen LogP) is 4.45. The molecular formula is C22H26O5. The van der Waals surface area contributed by atoms with Gasteiger partial charge in [0.15, 0.2) is 11.4 Å². The van der Waals surface area contributed by atoms with Crippen LogP contribution in [0.4, 0.5) is 0 Å². The molecule has 0 amide bonds. The van der Waals surface area contributed by atoms with Gasteiger partial charge in [-0.2, -0.15) is 0 Å². The zero-order valence-corrected chi connectivity index (χ0v) is 16.6. The van der Waals surface area contributed by atoms with Gasteiger partial charge in [-0.25, -0.2) is 4.79 Å².